The fourth-order valence-electron chi connectivity index (χ4n) is 3.76. The number of nitrogens with zero attached hydrogens (tertiary/aromatic N) is 1. The number of hydrogen-bond acceptors (Lipinski definition) is 5. The van der Waals surface area contributed by atoms with Crippen molar-refractivity contribution in [1.82, 2.24) is 14.9 Å². The van der Waals surface area contributed by atoms with E-state index in [1.807, 2.05) is 0 Å². The van der Waals surface area contributed by atoms with Gasteiger partial charge in [0, 0.05) is 6.54 Å². The standard InChI is InChI=1S/C21H28FN3O5S/c22-17-7-6-16(12-18(17)30-14-15-4-5-15)21(8-9-21)24-31(28,29)11-3-1-2-10-25-13-19(26)23-20(25)27/h6-7,12,15,24H,1-5,8-11,13-14H2,(H,23,26,27). The van der Waals surface area contributed by atoms with E-state index in [0.717, 1.165) is 18.4 Å². The molecule has 1 saturated heterocycles. The van der Waals surface area contributed by atoms with Crippen LogP contribution in [0.3, 0.4) is 0 Å². The van der Waals surface area contributed by atoms with Crippen LogP contribution in [-0.4, -0.2) is 50.7 Å². The van der Waals surface area contributed by atoms with Crippen molar-refractivity contribution in [2.75, 3.05) is 25.4 Å². The minimum atomic E-state index is -3.51. The van der Waals surface area contributed by atoms with E-state index >= 15 is 0 Å². The summed E-state index contributed by atoms with van der Waals surface area (Å²) >= 11 is 0. The van der Waals surface area contributed by atoms with Crippen LogP contribution in [-0.2, 0) is 20.4 Å². The topological polar surface area (TPSA) is 105 Å². The summed E-state index contributed by atoms with van der Waals surface area (Å²) in [5.74, 6) is -0.0903. The third-order valence-corrected chi connectivity index (χ3v) is 7.49. The van der Waals surface area contributed by atoms with Crippen molar-refractivity contribution >= 4 is 22.0 Å². The lowest BCUT2D eigenvalue weighted by Crippen LogP contribution is -2.36. The van der Waals surface area contributed by atoms with Crippen molar-refractivity contribution in [3.05, 3.63) is 29.6 Å². The molecule has 3 amide bonds. The molecule has 0 unspecified atom stereocenters. The zero-order chi connectivity index (χ0) is 22.1. The molecule has 31 heavy (non-hydrogen) atoms. The molecular weight excluding hydrogens is 425 g/mol. The van der Waals surface area contributed by atoms with E-state index in [1.165, 1.54) is 11.0 Å². The minimum absolute atomic E-state index is 0.0217. The molecule has 0 aromatic heterocycles. The number of urea groups is 1. The molecule has 1 heterocycles. The molecule has 3 aliphatic rings. The highest BCUT2D eigenvalue weighted by molar-refractivity contribution is 7.89. The predicted molar refractivity (Wildman–Crippen MR) is 111 cm³/mol. The fraction of sp³-hybridized carbons (Fsp3) is 0.619. The number of hydrogen-bond donors (Lipinski definition) is 2. The summed E-state index contributed by atoms with van der Waals surface area (Å²) < 4.78 is 47.7. The van der Waals surface area contributed by atoms with Crippen molar-refractivity contribution in [1.29, 1.82) is 0 Å². The van der Waals surface area contributed by atoms with Crippen molar-refractivity contribution in [3.8, 4) is 5.75 Å². The molecule has 2 saturated carbocycles. The summed E-state index contributed by atoms with van der Waals surface area (Å²) in [4.78, 5) is 24.1. The van der Waals surface area contributed by atoms with E-state index in [9.17, 15) is 22.4 Å². The highest BCUT2D eigenvalue weighted by atomic mass is 32.2. The van der Waals surface area contributed by atoms with E-state index in [0.29, 0.717) is 51.2 Å². The van der Waals surface area contributed by atoms with Crippen LogP contribution in [0, 0.1) is 11.7 Å². The first-order chi connectivity index (χ1) is 14.8. The fourth-order valence-corrected chi connectivity index (χ4v) is 5.37. The maximum atomic E-state index is 14.1. The largest absolute Gasteiger partial charge is 0.490 e. The normalized spacial score (nSPS) is 20.1. The van der Waals surface area contributed by atoms with Gasteiger partial charge in [-0.25, -0.2) is 22.3 Å². The monoisotopic (exact) mass is 453 g/mol. The Morgan fingerprint density at radius 2 is 1.97 bits per heavy atom. The summed E-state index contributed by atoms with van der Waals surface area (Å²) in [5, 5.41) is 2.21. The summed E-state index contributed by atoms with van der Waals surface area (Å²) in [6, 6.07) is 4.19. The summed E-state index contributed by atoms with van der Waals surface area (Å²) in [7, 11) is -3.51. The van der Waals surface area contributed by atoms with Crippen LogP contribution < -0.4 is 14.8 Å². The molecular formula is C21H28FN3O5S. The van der Waals surface area contributed by atoms with Crippen LogP contribution in [0.15, 0.2) is 18.2 Å². The zero-order valence-electron chi connectivity index (χ0n) is 17.4. The molecule has 1 aliphatic heterocycles. The number of imide groups is 1. The van der Waals surface area contributed by atoms with Crippen LogP contribution in [0.1, 0.15) is 50.5 Å². The lowest BCUT2D eigenvalue weighted by Gasteiger charge is -2.19. The quantitative estimate of drug-likeness (QED) is 0.373. The van der Waals surface area contributed by atoms with Crippen LogP contribution in [0.4, 0.5) is 9.18 Å². The van der Waals surface area contributed by atoms with Gasteiger partial charge < -0.3 is 9.64 Å². The van der Waals surface area contributed by atoms with Crippen molar-refractivity contribution < 1.29 is 27.1 Å². The van der Waals surface area contributed by atoms with E-state index in [2.05, 4.69) is 10.0 Å². The van der Waals surface area contributed by atoms with Gasteiger partial charge in [0.2, 0.25) is 15.9 Å². The van der Waals surface area contributed by atoms with Crippen LogP contribution in [0.2, 0.25) is 0 Å². The minimum Gasteiger partial charge on any atom is -0.490 e. The third-order valence-electron chi connectivity index (χ3n) is 5.97. The molecule has 1 aromatic rings. The number of rotatable bonds is 12. The molecule has 2 aliphatic carbocycles. The lowest BCUT2D eigenvalue weighted by molar-refractivity contribution is -0.118. The Hall–Kier alpha value is -2.20. The van der Waals surface area contributed by atoms with Crippen molar-refractivity contribution in [2.24, 2.45) is 5.92 Å². The summed E-state index contributed by atoms with van der Waals surface area (Å²) in [5.41, 5.74) is 0.0473. The number of sulfonamides is 1. The van der Waals surface area contributed by atoms with Crippen LogP contribution in [0.5, 0.6) is 5.75 Å². The Bertz CT molecular complexity index is 960. The van der Waals surface area contributed by atoms with Gasteiger partial charge >= 0.3 is 6.03 Å². The van der Waals surface area contributed by atoms with Crippen LogP contribution in [0.25, 0.3) is 0 Å². The van der Waals surface area contributed by atoms with Crippen LogP contribution >= 0.6 is 0 Å². The first-order valence-corrected chi connectivity index (χ1v) is 12.4. The Kier molecular flexibility index (Phi) is 6.20. The Morgan fingerprint density at radius 1 is 1.19 bits per heavy atom. The van der Waals surface area contributed by atoms with E-state index in [-0.39, 0.29) is 24.0 Å². The first-order valence-electron chi connectivity index (χ1n) is 10.8. The average Bonchev–Trinajstić information content (AvgIpc) is 3.62. The van der Waals surface area contributed by atoms with Gasteiger partial charge in [-0.1, -0.05) is 12.5 Å². The number of halogens is 1. The molecule has 2 N–H and O–H groups in total. The molecule has 0 spiro atoms. The van der Waals surface area contributed by atoms with Gasteiger partial charge in [-0.2, -0.15) is 0 Å². The predicted octanol–water partition coefficient (Wildman–Crippen LogP) is 2.25. The SMILES string of the molecule is O=C1CN(CCCCCS(=O)(=O)NC2(c3ccc(F)c(OCC4CC4)c3)CC2)C(=O)N1. The summed E-state index contributed by atoms with van der Waals surface area (Å²) in [6.45, 7) is 0.978. The molecule has 0 radical (unpaired) electrons. The molecule has 4 rings (SSSR count). The lowest BCUT2D eigenvalue weighted by atomic mass is 10.1. The van der Waals surface area contributed by atoms with E-state index in [1.54, 1.807) is 12.1 Å². The second-order valence-electron chi connectivity index (χ2n) is 8.74. The highest BCUT2D eigenvalue weighted by Gasteiger charge is 2.47. The van der Waals surface area contributed by atoms with Gasteiger partial charge in [-0.15, -0.1) is 0 Å². The Morgan fingerprint density at radius 3 is 2.61 bits per heavy atom. The van der Waals surface area contributed by atoms with Gasteiger partial charge in [0.15, 0.2) is 11.6 Å². The van der Waals surface area contributed by atoms with E-state index in [4.69, 9.17) is 4.74 Å². The maximum Gasteiger partial charge on any atom is 0.324 e. The number of nitrogens with one attached hydrogen (secondary N) is 2. The van der Waals surface area contributed by atoms with Gasteiger partial charge in [0.25, 0.3) is 0 Å². The second-order valence-corrected chi connectivity index (χ2v) is 10.6. The highest BCUT2D eigenvalue weighted by Crippen LogP contribution is 2.47. The second kappa shape index (κ2) is 8.74. The molecule has 0 bridgehead atoms. The maximum absolute atomic E-state index is 14.1. The Balaban J connectivity index is 1.26. The number of ether oxygens (including phenoxy) is 1. The summed E-state index contributed by atoms with van der Waals surface area (Å²) in [6.07, 6.45) is 5.25. The number of carbonyl (C=O) groups is 2. The number of unbranched alkanes of at least 4 members (excludes halogenated alkanes) is 2. The van der Waals surface area contributed by atoms with Crippen molar-refractivity contribution in [3.63, 3.8) is 0 Å². The van der Waals surface area contributed by atoms with Gasteiger partial charge in [-0.05, 0) is 62.1 Å². The Labute approximate surface area is 181 Å². The van der Waals surface area contributed by atoms with Gasteiger partial charge in [0.05, 0.1) is 17.9 Å². The average molecular weight is 454 g/mol. The molecule has 170 valence electrons. The van der Waals surface area contributed by atoms with Crippen molar-refractivity contribution in [2.45, 2.75) is 50.5 Å². The number of amides is 3. The zero-order valence-corrected chi connectivity index (χ0v) is 18.2. The molecule has 1 aromatic carbocycles. The molecule has 3 fully saturated rings. The third kappa shape index (κ3) is 5.74. The number of carbonyl (C=O) groups excluding carboxylic acids is 2. The molecule has 8 nitrogen and oxygen atoms in total. The molecule has 0 atom stereocenters. The first kappa shape index (κ1) is 22.0. The van der Waals surface area contributed by atoms with Gasteiger partial charge in [0.1, 0.15) is 6.54 Å². The number of benzene rings is 1. The van der Waals surface area contributed by atoms with Gasteiger partial charge in [-0.3, -0.25) is 10.1 Å². The van der Waals surface area contributed by atoms with E-state index < -0.39 is 27.4 Å². The molecule has 10 heteroatoms. The smallest absolute Gasteiger partial charge is 0.324 e.